The first kappa shape index (κ1) is 18.8. The molecule has 0 bridgehead atoms. The molecule has 144 valence electrons. The van der Waals surface area contributed by atoms with E-state index >= 15 is 0 Å². The van der Waals surface area contributed by atoms with Crippen molar-refractivity contribution < 1.29 is 4.79 Å². The SMILES string of the molecule is Cc1cc(Sc2ccccc2)ccc1NC(=O)[C@H]1CNC[C@@H]1c1cnn(C)c1. The fourth-order valence-electron chi connectivity index (χ4n) is 3.63. The topological polar surface area (TPSA) is 59.0 Å². The third kappa shape index (κ3) is 4.13. The lowest BCUT2D eigenvalue weighted by Gasteiger charge is -2.18. The lowest BCUT2D eigenvalue weighted by molar-refractivity contribution is -0.119. The molecule has 6 heteroatoms. The van der Waals surface area contributed by atoms with Crippen molar-refractivity contribution in [3.63, 3.8) is 0 Å². The second kappa shape index (κ2) is 8.20. The Morgan fingerprint density at radius 1 is 1.18 bits per heavy atom. The monoisotopic (exact) mass is 392 g/mol. The smallest absolute Gasteiger partial charge is 0.229 e. The molecule has 1 amide bonds. The van der Waals surface area contributed by atoms with Gasteiger partial charge >= 0.3 is 0 Å². The third-order valence-electron chi connectivity index (χ3n) is 5.14. The molecule has 3 aromatic rings. The van der Waals surface area contributed by atoms with E-state index in [-0.39, 0.29) is 17.7 Å². The van der Waals surface area contributed by atoms with E-state index in [0.717, 1.165) is 28.3 Å². The molecule has 0 aliphatic carbocycles. The highest BCUT2D eigenvalue weighted by Gasteiger charge is 2.34. The van der Waals surface area contributed by atoms with Gasteiger partial charge in [-0.2, -0.15) is 5.10 Å². The highest BCUT2D eigenvalue weighted by Crippen LogP contribution is 2.32. The maximum Gasteiger partial charge on any atom is 0.229 e. The van der Waals surface area contributed by atoms with Crippen molar-refractivity contribution in [3.05, 3.63) is 72.1 Å². The number of carbonyl (C=O) groups excluding carboxylic acids is 1. The van der Waals surface area contributed by atoms with Crippen molar-refractivity contribution in [2.75, 3.05) is 18.4 Å². The third-order valence-corrected chi connectivity index (χ3v) is 6.14. The summed E-state index contributed by atoms with van der Waals surface area (Å²) in [6, 6.07) is 16.5. The highest BCUT2D eigenvalue weighted by molar-refractivity contribution is 7.99. The van der Waals surface area contributed by atoms with E-state index in [1.54, 1.807) is 16.4 Å². The van der Waals surface area contributed by atoms with Crippen LogP contribution in [0.3, 0.4) is 0 Å². The fraction of sp³-hybridized carbons (Fsp3) is 0.273. The van der Waals surface area contributed by atoms with E-state index in [1.807, 2.05) is 50.6 Å². The average molecular weight is 393 g/mol. The van der Waals surface area contributed by atoms with Crippen LogP contribution in [0.1, 0.15) is 17.0 Å². The van der Waals surface area contributed by atoms with Crippen molar-refractivity contribution in [1.29, 1.82) is 0 Å². The highest BCUT2D eigenvalue weighted by atomic mass is 32.2. The Kier molecular flexibility index (Phi) is 5.50. The van der Waals surface area contributed by atoms with Gasteiger partial charge in [-0.1, -0.05) is 30.0 Å². The van der Waals surface area contributed by atoms with Crippen LogP contribution in [0.15, 0.2) is 70.7 Å². The lowest BCUT2D eigenvalue weighted by Crippen LogP contribution is -2.28. The van der Waals surface area contributed by atoms with Gasteiger partial charge in [-0.25, -0.2) is 0 Å². The molecular weight excluding hydrogens is 368 g/mol. The normalized spacial score (nSPS) is 18.9. The van der Waals surface area contributed by atoms with Crippen molar-refractivity contribution in [1.82, 2.24) is 15.1 Å². The first-order valence-corrected chi connectivity index (χ1v) is 10.3. The zero-order chi connectivity index (χ0) is 19.5. The molecule has 2 atom stereocenters. The Morgan fingerprint density at radius 2 is 2.00 bits per heavy atom. The predicted molar refractivity (Wildman–Crippen MR) is 113 cm³/mol. The Labute approximate surface area is 169 Å². The molecule has 2 N–H and O–H groups in total. The van der Waals surface area contributed by atoms with Gasteiger partial charge in [0.1, 0.15) is 0 Å². The van der Waals surface area contributed by atoms with E-state index in [4.69, 9.17) is 0 Å². The molecule has 2 aromatic carbocycles. The van der Waals surface area contributed by atoms with Gasteiger partial charge in [0.15, 0.2) is 0 Å². The number of nitrogens with one attached hydrogen (secondary N) is 2. The van der Waals surface area contributed by atoms with Crippen molar-refractivity contribution >= 4 is 23.4 Å². The van der Waals surface area contributed by atoms with Gasteiger partial charge in [-0.3, -0.25) is 9.48 Å². The van der Waals surface area contributed by atoms with Crippen LogP contribution in [0.2, 0.25) is 0 Å². The first-order valence-electron chi connectivity index (χ1n) is 9.44. The minimum Gasteiger partial charge on any atom is -0.326 e. The largest absolute Gasteiger partial charge is 0.326 e. The number of carbonyl (C=O) groups is 1. The molecule has 0 saturated carbocycles. The first-order chi connectivity index (χ1) is 13.6. The predicted octanol–water partition coefficient (Wildman–Crippen LogP) is 3.82. The van der Waals surface area contributed by atoms with Crippen LogP contribution in [0, 0.1) is 12.8 Å². The Morgan fingerprint density at radius 3 is 2.71 bits per heavy atom. The maximum atomic E-state index is 12.9. The summed E-state index contributed by atoms with van der Waals surface area (Å²) in [6.45, 7) is 3.53. The van der Waals surface area contributed by atoms with Gasteiger partial charge in [0.05, 0.1) is 12.1 Å². The molecule has 0 radical (unpaired) electrons. The number of hydrogen-bond donors (Lipinski definition) is 2. The van der Waals surface area contributed by atoms with Crippen molar-refractivity contribution in [3.8, 4) is 0 Å². The van der Waals surface area contributed by atoms with E-state index in [0.29, 0.717) is 6.54 Å². The minimum absolute atomic E-state index is 0.0606. The fourth-order valence-corrected chi connectivity index (χ4v) is 4.56. The van der Waals surface area contributed by atoms with Gasteiger partial charge < -0.3 is 10.6 Å². The molecule has 0 spiro atoms. The molecular formula is C22H24N4OS. The van der Waals surface area contributed by atoms with Gasteiger partial charge in [-0.15, -0.1) is 0 Å². The summed E-state index contributed by atoms with van der Waals surface area (Å²) in [7, 11) is 1.90. The molecule has 2 heterocycles. The van der Waals surface area contributed by atoms with Crippen LogP contribution >= 0.6 is 11.8 Å². The number of rotatable bonds is 5. The summed E-state index contributed by atoms with van der Waals surface area (Å²) in [5.74, 6) is 0.120. The van der Waals surface area contributed by atoms with Crippen LogP contribution in [0.5, 0.6) is 0 Å². The molecule has 4 rings (SSSR count). The molecule has 28 heavy (non-hydrogen) atoms. The Hall–Kier alpha value is -2.57. The van der Waals surface area contributed by atoms with E-state index in [2.05, 4.69) is 40.0 Å². The Balaban J connectivity index is 1.45. The molecule has 1 aliphatic rings. The van der Waals surface area contributed by atoms with Gasteiger partial charge in [-0.05, 0) is 48.4 Å². The summed E-state index contributed by atoms with van der Waals surface area (Å²) in [6.07, 6.45) is 3.86. The summed E-state index contributed by atoms with van der Waals surface area (Å²) in [5.41, 5.74) is 3.05. The number of nitrogens with zero attached hydrogens (tertiary/aromatic N) is 2. The van der Waals surface area contributed by atoms with Crippen molar-refractivity contribution in [2.45, 2.75) is 22.6 Å². The maximum absolute atomic E-state index is 12.9. The van der Waals surface area contributed by atoms with E-state index in [9.17, 15) is 4.79 Å². The molecule has 1 fully saturated rings. The van der Waals surface area contributed by atoms with E-state index < -0.39 is 0 Å². The number of hydrogen-bond acceptors (Lipinski definition) is 4. The summed E-state index contributed by atoms with van der Waals surface area (Å²) in [5, 5.41) is 10.7. The number of amides is 1. The summed E-state index contributed by atoms with van der Waals surface area (Å²) < 4.78 is 1.79. The van der Waals surface area contributed by atoms with Crippen molar-refractivity contribution in [2.24, 2.45) is 13.0 Å². The molecule has 0 unspecified atom stereocenters. The average Bonchev–Trinajstić information content (AvgIpc) is 3.33. The number of aryl methyl sites for hydroxylation is 2. The van der Waals surface area contributed by atoms with Crippen LogP contribution < -0.4 is 10.6 Å². The lowest BCUT2D eigenvalue weighted by atomic mass is 9.90. The summed E-state index contributed by atoms with van der Waals surface area (Å²) >= 11 is 1.72. The Bertz CT molecular complexity index is 970. The number of benzene rings is 2. The number of aromatic nitrogens is 2. The van der Waals surface area contributed by atoms with Gasteiger partial charge in [0, 0.05) is 47.7 Å². The second-order valence-corrected chi connectivity index (χ2v) is 8.35. The molecule has 1 aliphatic heterocycles. The summed E-state index contributed by atoms with van der Waals surface area (Å²) in [4.78, 5) is 15.3. The van der Waals surface area contributed by atoms with Crippen LogP contribution in [-0.4, -0.2) is 28.8 Å². The second-order valence-electron chi connectivity index (χ2n) is 7.20. The molecule has 1 saturated heterocycles. The number of anilines is 1. The minimum atomic E-state index is -0.0954. The quantitative estimate of drug-likeness (QED) is 0.693. The van der Waals surface area contributed by atoms with Gasteiger partial charge in [0.25, 0.3) is 0 Å². The zero-order valence-corrected chi connectivity index (χ0v) is 16.9. The van der Waals surface area contributed by atoms with Crippen LogP contribution in [-0.2, 0) is 11.8 Å². The standard InChI is InChI=1S/C22H24N4OS/c1-15-10-18(28-17-6-4-3-5-7-17)8-9-21(15)25-22(27)20-13-23-12-19(20)16-11-24-26(2)14-16/h3-11,14,19-20,23H,12-13H2,1-2H3,(H,25,27)/t19-,20+/m1/s1. The zero-order valence-electron chi connectivity index (χ0n) is 16.1. The van der Waals surface area contributed by atoms with Crippen LogP contribution in [0.4, 0.5) is 5.69 Å². The van der Waals surface area contributed by atoms with E-state index in [1.165, 1.54) is 4.90 Å². The van der Waals surface area contributed by atoms with Crippen LogP contribution in [0.25, 0.3) is 0 Å². The molecule has 1 aromatic heterocycles. The van der Waals surface area contributed by atoms with Gasteiger partial charge in [0.2, 0.25) is 5.91 Å². The molecule has 5 nitrogen and oxygen atoms in total.